The van der Waals surface area contributed by atoms with Crippen LogP contribution < -0.4 is 10.1 Å². The fourth-order valence-electron chi connectivity index (χ4n) is 3.05. The molecule has 0 bridgehead atoms. The molecule has 1 saturated carbocycles. The molecule has 140 valence electrons. The number of benzene rings is 2. The van der Waals surface area contributed by atoms with Gasteiger partial charge >= 0.3 is 0 Å². The Balaban J connectivity index is 1.42. The largest absolute Gasteiger partial charge is 0.491 e. The SMILES string of the molecule is CC(C)Oc1ccc(-c2nc(-c3ccc(CNC4CCC4)cc3)no2)cc1. The molecule has 1 aromatic heterocycles. The van der Waals surface area contributed by atoms with E-state index in [1.54, 1.807) is 0 Å². The highest BCUT2D eigenvalue weighted by atomic mass is 16.5. The maximum absolute atomic E-state index is 5.66. The van der Waals surface area contributed by atoms with Crippen LogP contribution in [-0.4, -0.2) is 22.3 Å². The summed E-state index contributed by atoms with van der Waals surface area (Å²) in [6.07, 6.45) is 4.10. The Kier molecular flexibility index (Phi) is 5.21. The fraction of sp³-hybridized carbons (Fsp3) is 0.364. The van der Waals surface area contributed by atoms with Crippen LogP contribution in [0.1, 0.15) is 38.7 Å². The summed E-state index contributed by atoms with van der Waals surface area (Å²) in [7, 11) is 0. The lowest BCUT2D eigenvalue weighted by atomic mass is 9.93. The van der Waals surface area contributed by atoms with Crippen LogP contribution in [-0.2, 0) is 6.54 Å². The summed E-state index contributed by atoms with van der Waals surface area (Å²) in [6, 6.07) is 16.7. The first-order valence-electron chi connectivity index (χ1n) is 9.61. The maximum atomic E-state index is 5.66. The summed E-state index contributed by atoms with van der Waals surface area (Å²) in [5.41, 5.74) is 3.11. The number of nitrogens with one attached hydrogen (secondary N) is 1. The van der Waals surface area contributed by atoms with Gasteiger partial charge in [-0.3, -0.25) is 0 Å². The molecule has 0 radical (unpaired) electrons. The number of ether oxygens (including phenoxy) is 1. The first kappa shape index (κ1) is 17.7. The smallest absolute Gasteiger partial charge is 0.258 e. The molecule has 3 aromatic rings. The Morgan fingerprint density at radius 3 is 2.37 bits per heavy atom. The van der Waals surface area contributed by atoms with Crippen molar-refractivity contribution in [2.75, 3.05) is 0 Å². The molecular weight excluding hydrogens is 338 g/mol. The van der Waals surface area contributed by atoms with Crippen LogP contribution in [0.5, 0.6) is 5.75 Å². The second-order valence-electron chi connectivity index (χ2n) is 7.32. The van der Waals surface area contributed by atoms with E-state index in [2.05, 4.69) is 27.6 Å². The zero-order chi connectivity index (χ0) is 18.6. The van der Waals surface area contributed by atoms with Crippen LogP contribution in [0.15, 0.2) is 53.1 Å². The van der Waals surface area contributed by atoms with Crippen molar-refractivity contribution < 1.29 is 9.26 Å². The monoisotopic (exact) mass is 363 g/mol. The lowest BCUT2D eigenvalue weighted by Crippen LogP contribution is -2.34. The number of aromatic nitrogens is 2. The van der Waals surface area contributed by atoms with E-state index in [0.717, 1.165) is 23.4 Å². The summed E-state index contributed by atoms with van der Waals surface area (Å²) < 4.78 is 11.1. The zero-order valence-corrected chi connectivity index (χ0v) is 15.8. The molecule has 0 amide bonds. The molecule has 1 heterocycles. The highest BCUT2D eigenvalue weighted by molar-refractivity contribution is 5.60. The van der Waals surface area contributed by atoms with Crippen LogP contribution in [0.25, 0.3) is 22.8 Å². The van der Waals surface area contributed by atoms with Gasteiger partial charge in [-0.15, -0.1) is 0 Å². The molecule has 1 aliphatic carbocycles. The average Bonchev–Trinajstić information content (AvgIpc) is 3.11. The minimum atomic E-state index is 0.151. The van der Waals surface area contributed by atoms with E-state index in [4.69, 9.17) is 9.26 Å². The van der Waals surface area contributed by atoms with Gasteiger partial charge in [-0.25, -0.2) is 0 Å². The van der Waals surface area contributed by atoms with Crippen LogP contribution in [0.4, 0.5) is 0 Å². The van der Waals surface area contributed by atoms with Gasteiger partial charge in [0.25, 0.3) is 5.89 Å². The van der Waals surface area contributed by atoms with Crippen LogP contribution in [0.3, 0.4) is 0 Å². The number of hydrogen-bond donors (Lipinski definition) is 1. The molecule has 4 rings (SSSR count). The third-order valence-corrected chi connectivity index (χ3v) is 4.81. The van der Waals surface area contributed by atoms with Crippen molar-refractivity contribution in [3.05, 3.63) is 54.1 Å². The second kappa shape index (κ2) is 7.92. The predicted molar refractivity (Wildman–Crippen MR) is 105 cm³/mol. The lowest BCUT2D eigenvalue weighted by Gasteiger charge is -2.26. The number of hydrogen-bond acceptors (Lipinski definition) is 5. The van der Waals surface area contributed by atoms with Gasteiger partial charge in [-0.2, -0.15) is 4.98 Å². The van der Waals surface area contributed by atoms with Crippen molar-refractivity contribution in [2.45, 2.75) is 51.8 Å². The summed E-state index contributed by atoms with van der Waals surface area (Å²) in [4.78, 5) is 4.53. The molecule has 2 aromatic carbocycles. The minimum Gasteiger partial charge on any atom is -0.491 e. The molecule has 0 spiro atoms. The quantitative estimate of drug-likeness (QED) is 0.651. The highest BCUT2D eigenvalue weighted by Crippen LogP contribution is 2.25. The van der Waals surface area contributed by atoms with Gasteiger partial charge < -0.3 is 14.6 Å². The molecule has 0 unspecified atom stereocenters. The van der Waals surface area contributed by atoms with E-state index >= 15 is 0 Å². The molecule has 5 nitrogen and oxygen atoms in total. The zero-order valence-electron chi connectivity index (χ0n) is 15.8. The van der Waals surface area contributed by atoms with E-state index in [1.165, 1.54) is 24.8 Å². The standard InChI is InChI=1S/C22H25N3O2/c1-15(2)26-20-12-10-18(11-13-20)22-24-21(25-27-22)17-8-6-16(7-9-17)14-23-19-4-3-5-19/h6-13,15,19,23H,3-5,14H2,1-2H3. The molecule has 0 saturated heterocycles. The molecule has 1 fully saturated rings. The average molecular weight is 363 g/mol. The Morgan fingerprint density at radius 2 is 1.74 bits per heavy atom. The van der Waals surface area contributed by atoms with Crippen LogP contribution in [0, 0.1) is 0 Å². The van der Waals surface area contributed by atoms with Crippen molar-refractivity contribution >= 4 is 0 Å². The van der Waals surface area contributed by atoms with E-state index in [1.807, 2.05) is 50.2 Å². The Labute approximate surface area is 159 Å². The van der Waals surface area contributed by atoms with Crippen molar-refractivity contribution in [2.24, 2.45) is 0 Å². The van der Waals surface area contributed by atoms with Gasteiger partial charge in [0.05, 0.1) is 6.10 Å². The minimum absolute atomic E-state index is 0.151. The number of nitrogens with zero attached hydrogens (tertiary/aromatic N) is 2. The van der Waals surface area contributed by atoms with Gasteiger partial charge in [-0.1, -0.05) is 35.8 Å². The van der Waals surface area contributed by atoms with E-state index in [9.17, 15) is 0 Å². The third kappa shape index (κ3) is 4.37. The summed E-state index contributed by atoms with van der Waals surface area (Å²) in [5, 5.41) is 7.70. The predicted octanol–water partition coefficient (Wildman–Crippen LogP) is 4.83. The molecule has 0 aliphatic heterocycles. The molecule has 0 atom stereocenters. The molecule has 27 heavy (non-hydrogen) atoms. The topological polar surface area (TPSA) is 60.2 Å². The molecule has 5 heteroatoms. The molecular formula is C22H25N3O2. The molecule has 1 aliphatic rings. The first-order valence-corrected chi connectivity index (χ1v) is 9.61. The highest BCUT2D eigenvalue weighted by Gasteiger charge is 2.16. The van der Waals surface area contributed by atoms with Gasteiger partial charge in [0.1, 0.15) is 5.75 Å². The van der Waals surface area contributed by atoms with E-state index in [-0.39, 0.29) is 6.10 Å². The third-order valence-electron chi connectivity index (χ3n) is 4.81. The van der Waals surface area contributed by atoms with Crippen LogP contribution in [0.2, 0.25) is 0 Å². The van der Waals surface area contributed by atoms with Gasteiger partial charge in [-0.05, 0) is 56.5 Å². The van der Waals surface area contributed by atoms with E-state index in [0.29, 0.717) is 17.8 Å². The summed E-state index contributed by atoms with van der Waals surface area (Å²) in [6.45, 7) is 4.92. The fourth-order valence-corrected chi connectivity index (χ4v) is 3.05. The maximum Gasteiger partial charge on any atom is 0.258 e. The lowest BCUT2D eigenvalue weighted by molar-refractivity contribution is 0.242. The normalized spacial score (nSPS) is 14.3. The van der Waals surface area contributed by atoms with Crippen molar-refractivity contribution in [1.29, 1.82) is 0 Å². The van der Waals surface area contributed by atoms with Gasteiger partial charge in [0.15, 0.2) is 0 Å². The van der Waals surface area contributed by atoms with Crippen molar-refractivity contribution in [1.82, 2.24) is 15.5 Å². The summed E-state index contributed by atoms with van der Waals surface area (Å²) >= 11 is 0. The van der Waals surface area contributed by atoms with Gasteiger partial charge in [0.2, 0.25) is 5.82 Å². The first-order chi connectivity index (χ1) is 13.2. The Morgan fingerprint density at radius 1 is 1.04 bits per heavy atom. The second-order valence-corrected chi connectivity index (χ2v) is 7.32. The van der Waals surface area contributed by atoms with Crippen molar-refractivity contribution in [3.8, 4) is 28.6 Å². The van der Waals surface area contributed by atoms with Crippen LogP contribution >= 0.6 is 0 Å². The Bertz CT molecular complexity index is 865. The molecule has 1 N–H and O–H groups in total. The Hall–Kier alpha value is -2.66. The summed E-state index contributed by atoms with van der Waals surface area (Å²) in [5.74, 6) is 1.95. The van der Waals surface area contributed by atoms with E-state index < -0.39 is 0 Å². The van der Waals surface area contributed by atoms with Gasteiger partial charge in [0, 0.05) is 23.7 Å². The number of rotatable bonds is 7. The van der Waals surface area contributed by atoms with Crippen molar-refractivity contribution in [3.63, 3.8) is 0 Å².